The van der Waals surface area contributed by atoms with Gasteiger partial charge in [0.05, 0.1) is 11.9 Å². The zero-order valence-corrected chi connectivity index (χ0v) is 17.9. The summed E-state index contributed by atoms with van der Waals surface area (Å²) in [5.74, 6) is -0.381. The number of hydrogen-bond acceptors (Lipinski definition) is 4. The molecule has 0 unspecified atom stereocenters. The third-order valence-electron chi connectivity index (χ3n) is 4.36. The van der Waals surface area contributed by atoms with Gasteiger partial charge in [-0.2, -0.15) is 0 Å². The lowest BCUT2D eigenvalue weighted by Crippen LogP contribution is -2.40. The van der Waals surface area contributed by atoms with Crippen molar-refractivity contribution in [3.8, 4) is 0 Å². The molecule has 2 aromatic carbocycles. The summed E-state index contributed by atoms with van der Waals surface area (Å²) in [4.78, 5) is 14.6. The summed E-state index contributed by atoms with van der Waals surface area (Å²) in [5.41, 5.74) is 2.47. The standard InChI is InChI=1S/C20H26ClN3O3S/c1-4-23(5-2)18-10-6-16(7-11-18)14-22-20(25)15-24(28(3,26)27)19-12-8-17(21)9-13-19/h6-13H,4-5,14-15H2,1-3H3,(H,22,25). The molecule has 2 aromatic rings. The van der Waals surface area contributed by atoms with Crippen LogP contribution in [0.2, 0.25) is 5.02 Å². The number of benzene rings is 2. The largest absolute Gasteiger partial charge is 0.372 e. The Bertz CT molecular complexity index is 880. The molecule has 8 heteroatoms. The molecule has 0 aliphatic carbocycles. The number of amides is 1. The van der Waals surface area contributed by atoms with E-state index in [-0.39, 0.29) is 12.5 Å². The van der Waals surface area contributed by atoms with Crippen LogP contribution in [-0.4, -0.2) is 40.2 Å². The van der Waals surface area contributed by atoms with Crippen molar-refractivity contribution in [3.05, 3.63) is 59.1 Å². The van der Waals surface area contributed by atoms with E-state index in [1.807, 2.05) is 24.3 Å². The molecule has 0 aromatic heterocycles. The van der Waals surface area contributed by atoms with Crippen molar-refractivity contribution in [2.24, 2.45) is 0 Å². The van der Waals surface area contributed by atoms with Crippen LogP contribution in [0.15, 0.2) is 48.5 Å². The van der Waals surface area contributed by atoms with E-state index in [1.54, 1.807) is 24.3 Å². The number of carbonyl (C=O) groups excluding carboxylic acids is 1. The van der Waals surface area contributed by atoms with Crippen molar-refractivity contribution < 1.29 is 13.2 Å². The molecule has 0 saturated heterocycles. The highest BCUT2D eigenvalue weighted by atomic mass is 35.5. The van der Waals surface area contributed by atoms with Gasteiger partial charge in [-0.15, -0.1) is 0 Å². The molecule has 6 nitrogen and oxygen atoms in total. The van der Waals surface area contributed by atoms with Crippen LogP contribution in [0, 0.1) is 0 Å². The van der Waals surface area contributed by atoms with Gasteiger partial charge in [0.15, 0.2) is 0 Å². The number of anilines is 2. The molecule has 0 bridgehead atoms. The third-order valence-corrected chi connectivity index (χ3v) is 5.75. The van der Waals surface area contributed by atoms with Crippen LogP contribution in [0.4, 0.5) is 11.4 Å². The van der Waals surface area contributed by atoms with Gasteiger partial charge >= 0.3 is 0 Å². The van der Waals surface area contributed by atoms with E-state index < -0.39 is 10.0 Å². The number of rotatable bonds is 9. The van der Waals surface area contributed by atoms with E-state index in [0.29, 0.717) is 17.3 Å². The summed E-state index contributed by atoms with van der Waals surface area (Å²) in [6, 6.07) is 14.3. The summed E-state index contributed by atoms with van der Waals surface area (Å²) < 4.78 is 25.2. The number of halogens is 1. The maximum atomic E-state index is 12.3. The molecule has 0 aliphatic heterocycles. The van der Waals surface area contributed by atoms with E-state index in [2.05, 4.69) is 24.1 Å². The second-order valence-corrected chi connectivity index (χ2v) is 8.70. The summed E-state index contributed by atoms with van der Waals surface area (Å²) in [6.07, 6.45) is 1.07. The zero-order valence-electron chi connectivity index (χ0n) is 16.4. The van der Waals surface area contributed by atoms with Gasteiger partial charge < -0.3 is 10.2 Å². The SMILES string of the molecule is CCN(CC)c1ccc(CNC(=O)CN(c2ccc(Cl)cc2)S(C)(=O)=O)cc1. The van der Waals surface area contributed by atoms with E-state index in [0.717, 1.165) is 34.9 Å². The Balaban J connectivity index is 2.00. The average Bonchev–Trinajstić information content (AvgIpc) is 2.66. The molecule has 1 N–H and O–H groups in total. The predicted octanol–water partition coefficient (Wildman–Crippen LogP) is 3.27. The fourth-order valence-electron chi connectivity index (χ4n) is 2.81. The van der Waals surface area contributed by atoms with E-state index in [9.17, 15) is 13.2 Å². The second kappa shape index (κ2) is 9.80. The lowest BCUT2D eigenvalue weighted by atomic mass is 10.2. The Labute approximate surface area is 172 Å². The molecular weight excluding hydrogens is 398 g/mol. The van der Waals surface area contributed by atoms with Crippen molar-refractivity contribution in [3.63, 3.8) is 0 Å². The molecular formula is C20H26ClN3O3S. The van der Waals surface area contributed by atoms with Gasteiger partial charge in [0.25, 0.3) is 0 Å². The first-order valence-electron chi connectivity index (χ1n) is 9.08. The van der Waals surface area contributed by atoms with Crippen molar-refractivity contribution >= 4 is 38.9 Å². The predicted molar refractivity (Wildman–Crippen MR) is 115 cm³/mol. The molecule has 0 aliphatic rings. The number of nitrogens with zero attached hydrogens (tertiary/aromatic N) is 2. The van der Waals surface area contributed by atoms with Gasteiger partial charge in [-0.1, -0.05) is 23.7 Å². The molecule has 0 fully saturated rings. The van der Waals surface area contributed by atoms with Crippen molar-refractivity contribution in [1.29, 1.82) is 0 Å². The third kappa shape index (κ3) is 6.14. The molecule has 1 amide bonds. The Morgan fingerprint density at radius 3 is 2.00 bits per heavy atom. The van der Waals surface area contributed by atoms with Crippen molar-refractivity contribution in [2.75, 3.05) is 35.1 Å². The number of nitrogens with one attached hydrogen (secondary N) is 1. The summed E-state index contributed by atoms with van der Waals surface area (Å²) in [5, 5.41) is 3.27. The minimum atomic E-state index is -3.61. The van der Waals surface area contributed by atoms with Crippen LogP contribution in [0.3, 0.4) is 0 Å². The molecule has 2 rings (SSSR count). The summed E-state index contributed by atoms with van der Waals surface area (Å²) in [6.45, 7) is 6.10. The van der Waals surface area contributed by atoms with Gasteiger partial charge in [0.2, 0.25) is 15.9 Å². The van der Waals surface area contributed by atoms with E-state index in [1.165, 1.54) is 0 Å². The van der Waals surface area contributed by atoms with Crippen molar-refractivity contribution in [1.82, 2.24) is 5.32 Å². The zero-order chi connectivity index (χ0) is 20.7. The van der Waals surface area contributed by atoms with Crippen molar-refractivity contribution in [2.45, 2.75) is 20.4 Å². The first kappa shape index (κ1) is 22.0. The molecule has 0 radical (unpaired) electrons. The Hall–Kier alpha value is -2.25. The topological polar surface area (TPSA) is 69.7 Å². The number of sulfonamides is 1. The van der Waals surface area contributed by atoms with Gasteiger partial charge in [0, 0.05) is 30.3 Å². The first-order valence-corrected chi connectivity index (χ1v) is 11.3. The first-order chi connectivity index (χ1) is 13.2. The summed E-state index contributed by atoms with van der Waals surface area (Å²) >= 11 is 5.85. The van der Waals surface area contributed by atoms with Gasteiger partial charge in [-0.3, -0.25) is 9.10 Å². The second-order valence-electron chi connectivity index (χ2n) is 6.36. The lowest BCUT2D eigenvalue weighted by Gasteiger charge is -2.22. The molecule has 0 heterocycles. The number of carbonyl (C=O) groups is 1. The van der Waals surface area contributed by atoms with Gasteiger partial charge in [-0.05, 0) is 55.8 Å². The molecule has 0 saturated carbocycles. The molecule has 28 heavy (non-hydrogen) atoms. The Kier molecular flexibility index (Phi) is 7.71. The highest BCUT2D eigenvalue weighted by Gasteiger charge is 2.20. The van der Waals surface area contributed by atoms with Crippen LogP contribution in [0.25, 0.3) is 0 Å². The van der Waals surface area contributed by atoms with Gasteiger partial charge in [-0.25, -0.2) is 8.42 Å². The highest BCUT2D eigenvalue weighted by molar-refractivity contribution is 7.92. The van der Waals surface area contributed by atoms with E-state index in [4.69, 9.17) is 11.6 Å². The molecule has 0 spiro atoms. The van der Waals surface area contributed by atoms with E-state index >= 15 is 0 Å². The van der Waals surface area contributed by atoms with Crippen LogP contribution in [0.1, 0.15) is 19.4 Å². The fraction of sp³-hybridized carbons (Fsp3) is 0.350. The quantitative estimate of drug-likeness (QED) is 0.672. The lowest BCUT2D eigenvalue weighted by molar-refractivity contribution is -0.119. The van der Waals surface area contributed by atoms with Crippen LogP contribution in [-0.2, 0) is 21.4 Å². The fourth-order valence-corrected chi connectivity index (χ4v) is 3.79. The van der Waals surface area contributed by atoms with Crippen LogP contribution in [0.5, 0.6) is 0 Å². The molecule has 0 atom stereocenters. The maximum absolute atomic E-state index is 12.3. The van der Waals surface area contributed by atoms with Crippen LogP contribution >= 0.6 is 11.6 Å². The molecule has 152 valence electrons. The van der Waals surface area contributed by atoms with Gasteiger partial charge in [0.1, 0.15) is 6.54 Å². The monoisotopic (exact) mass is 423 g/mol. The Morgan fingerprint density at radius 1 is 0.964 bits per heavy atom. The normalized spacial score (nSPS) is 11.1. The van der Waals surface area contributed by atoms with Crippen LogP contribution < -0.4 is 14.5 Å². The average molecular weight is 424 g/mol. The number of hydrogen-bond donors (Lipinski definition) is 1. The highest BCUT2D eigenvalue weighted by Crippen LogP contribution is 2.20. The smallest absolute Gasteiger partial charge is 0.241 e. The maximum Gasteiger partial charge on any atom is 0.241 e. The summed E-state index contributed by atoms with van der Waals surface area (Å²) in [7, 11) is -3.61. The minimum absolute atomic E-state index is 0.294. The minimum Gasteiger partial charge on any atom is -0.372 e. The Morgan fingerprint density at radius 2 is 1.50 bits per heavy atom.